The summed E-state index contributed by atoms with van der Waals surface area (Å²) in [6.45, 7) is 6.75. The Labute approximate surface area is 111 Å². The summed E-state index contributed by atoms with van der Waals surface area (Å²) in [5.74, 6) is 0.687. The minimum atomic E-state index is 0.687. The predicted molar refractivity (Wildman–Crippen MR) is 78.9 cm³/mol. The Bertz CT molecular complexity index is 463. The van der Waals surface area contributed by atoms with Crippen molar-refractivity contribution < 1.29 is 0 Å². The third kappa shape index (κ3) is 3.22. The summed E-state index contributed by atoms with van der Waals surface area (Å²) >= 11 is 0. The quantitative estimate of drug-likeness (QED) is 0.722. The van der Waals surface area contributed by atoms with E-state index in [0.717, 1.165) is 0 Å². The molecule has 0 aliphatic carbocycles. The van der Waals surface area contributed by atoms with Crippen LogP contribution in [-0.2, 0) is 12.8 Å². The van der Waals surface area contributed by atoms with Crippen molar-refractivity contribution in [2.24, 2.45) is 5.92 Å². The Hall–Kier alpha value is -1.56. The van der Waals surface area contributed by atoms with Crippen LogP contribution in [0.5, 0.6) is 0 Å². The number of rotatable bonds is 4. The van der Waals surface area contributed by atoms with Crippen molar-refractivity contribution in [3.63, 3.8) is 0 Å². The first kappa shape index (κ1) is 12.9. The summed E-state index contributed by atoms with van der Waals surface area (Å²) in [7, 11) is 0. The second-order valence-electron chi connectivity index (χ2n) is 5.37. The Balaban J connectivity index is 2.04. The molecule has 2 aromatic carbocycles. The van der Waals surface area contributed by atoms with Crippen LogP contribution in [0.15, 0.2) is 48.5 Å². The zero-order valence-electron chi connectivity index (χ0n) is 11.6. The van der Waals surface area contributed by atoms with Gasteiger partial charge in [-0.2, -0.15) is 0 Å². The normalized spacial score (nSPS) is 10.9. The first-order valence-corrected chi connectivity index (χ1v) is 6.76. The predicted octanol–water partition coefficient (Wildman–Crippen LogP) is 4.72. The maximum atomic E-state index is 2.35. The summed E-state index contributed by atoms with van der Waals surface area (Å²) in [5.41, 5.74) is 5.79. The summed E-state index contributed by atoms with van der Waals surface area (Å²) in [4.78, 5) is 0. The molecule has 0 nitrogen and oxygen atoms in total. The molecule has 94 valence electrons. The third-order valence-electron chi connectivity index (χ3n) is 3.66. The smallest absolute Gasteiger partial charge is 0.0247 e. The maximum Gasteiger partial charge on any atom is -0.0247 e. The molecule has 0 unspecified atom stereocenters. The molecular weight excluding hydrogens is 216 g/mol. The van der Waals surface area contributed by atoms with Crippen LogP contribution in [0.2, 0.25) is 0 Å². The van der Waals surface area contributed by atoms with Crippen molar-refractivity contribution in [2.75, 3.05) is 0 Å². The Kier molecular flexibility index (Phi) is 4.19. The standard InChI is InChI=1S/C18H22/c1-14(12-17-10-6-4-8-15(17)2)13-18-11-7-5-9-16(18)3/h4-11,14H,12-13H2,1-3H3. The van der Waals surface area contributed by atoms with E-state index in [9.17, 15) is 0 Å². The minimum absolute atomic E-state index is 0.687. The fourth-order valence-corrected chi connectivity index (χ4v) is 2.50. The molecule has 0 bridgehead atoms. The van der Waals surface area contributed by atoms with Crippen LogP contribution in [0.4, 0.5) is 0 Å². The lowest BCUT2D eigenvalue weighted by Crippen LogP contribution is -2.06. The number of hydrogen-bond donors (Lipinski definition) is 0. The molecule has 0 heterocycles. The van der Waals surface area contributed by atoms with Crippen LogP contribution >= 0.6 is 0 Å². The zero-order valence-corrected chi connectivity index (χ0v) is 11.6. The van der Waals surface area contributed by atoms with Crippen molar-refractivity contribution in [2.45, 2.75) is 33.6 Å². The zero-order chi connectivity index (χ0) is 13.0. The first-order chi connectivity index (χ1) is 8.66. The molecule has 0 heteroatoms. The van der Waals surface area contributed by atoms with Crippen LogP contribution in [0.3, 0.4) is 0 Å². The Morgan fingerprint density at radius 2 is 1.11 bits per heavy atom. The van der Waals surface area contributed by atoms with Gasteiger partial charge in [-0.15, -0.1) is 0 Å². The van der Waals surface area contributed by atoms with Gasteiger partial charge >= 0.3 is 0 Å². The summed E-state index contributed by atoms with van der Waals surface area (Å²) in [6, 6.07) is 17.4. The topological polar surface area (TPSA) is 0 Å². The van der Waals surface area contributed by atoms with Gasteiger partial charge < -0.3 is 0 Å². The van der Waals surface area contributed by atoms with Crippen LogP contribution in [0, 0.1) is 19.8 Å². The van der Waals surface area contributed by atoms with Gasteiger partial charge in [0.2, 0.25) is 0 Å². The summed E-state index contributed by atoms with van der Waals surface area (Å²) < 4.78 is 0. The van der Waals surface area contributed by atoms with E-state index in [1.807, 2.05) is 0 Å². The lowest BCUT2D eigenvalue weighted by Gasteiger charge is -2.14. The second kappa shape index (κ2) is 5.86. The molecule has 0 spiro atoms. The van der Waals surface area contributed by atoms with Crippen molar-refractivity contribution >= 4 is 0 Å². The molecule has 0 N–H and O–H groups in total. The molecule has 2 rings (SSSR count). The molecule has 0 aliphatic rings. The highest BCUT2D eigenvalue weighted by molar-refractivity contribution is 5.28. The first-order valence-electron chi connectivity index (χ1n) is 6.76. The average Bonchev–Trinajstić information content (AvgIpc) is 2.35. The van der Waals surface area contributed by atoms with E-state index in [1.54, 1.807) is 0 Å². The van der Waals surface area contributed by atoms with Gasteiger partial charge in [-0.3, -0.25) is 0 Å². The van der Waals surface area contributed by atoms with E-state index in [1.165, 1.54) is 35.1 Å². The SMILES string of the molecule is Cc1ccccc1CC(C)Cc1ccccc1C. The van der Waals surface area contributed by atoms with E-state index in [2.05, 4.69) is 69.3 Å². The molecule has 0 radical (unpaired) electrons. The molecular formula is C18H22. The van der Waals surface area contributed by atoms with Gasteiger partial charge in [0.1, 0.15) is 0 Å². The van der Waals surface area contributed by atoms with Crippen LogP contribution in [-0.4, -0.2) is 0 Å². The molecule has 18 heavy (non-hydrogen) atoms. The average molecular weight is 238 g/mol. The van der Waals surface area contributed by atoms with Gasteiger partial charge in [0, 0.05) is 0 Å². The Morgan fingerprint density at radius 3 is 1.50 bits per heavy atom. The largest absolute Gasteiger partial charge is 0.0620 e. The van der Waals surface area contributed by atoms with Crippen molar-refractivity contribution in [3.05, 3.63) is 70.8 Å². The lowest BCUT2D eigenvalue weighted by atomic mass is 9.91. The van der Waals surface area contributed by atoms with Crippen molar-refractivity contribution in [1.29, 1.82) is 0 Å². The Morgan fingerprint density at radius 1 is 0.722 bits per heavy atom. The fourth-order valence-electron chi connectivity index (χ4n) is 2.50. The molecule has 0 saturated carbocycles. The van der Waals surface area contributed by atoms with Crippen LogP contribution in [0.25, 0.3) is 0 Å². The maximum absolute atomic E-state index is 2.35. The van der Waals surface area contributed by atoms with E-state index in [0.29, 0.717) is 5.92 Å². The van der Waals surface area contributed by atoms with E-state index >= 15 is 0 Å². The fraction of sp³-hybridized carbons (Fsp3) is 0.333. The molecule has 0 aliphatic heterocycles. The van der Waals surface area contributed by atoms with E-state index < -0.39 is 0 Å². The van der Waals surface area contributed by atoms with Crippen molar-refractivity contribution in [3.8, 4) is 0 Å². The highest BCUT2D eigenvalue weighted by Gasteiger charge is 2.08. The van der Waals surface area contributed by atoms with Gasteiger partial charge in [0.05, 0.1) is 0 Å². The third-order valence-corrected chi connectivity index (χ3v) is 3.66. The molecule has 0 atom stereocenters. The van der Waals surface area contributed by atoms with Gasteiger partial charge in [0.15, 0.2) is 0 Å². The van der Waals surface area contributed by atoms with Crippen LogP contribution < -0.4 is 0 Å². The second-order valence-corrected chi connectivity index (χ2v) is 5.37. The number of benzene rings is 2. The lowest BCUT2D eigenvalue weighted by molar-refractivity contribution is 0.574. The van der Waals surface area contributed by atoms with Gasteiger partial charge in [-0.05, 0) is 54.9 Å². The number of hydrogen-bond acceptors (Lipinski definition) is 0. The molecule has 0 aromatic heterocycles. The van der Waals surface area contributed by atoms with Gasteiger partial charge in [0.25, 0.3) is 0 Å². The van der Waals surface area contributed by atoms with Crippen LogP contribution in [0.1, 0.15) is 29.2 Å². The minimum Gasteiger partial charge on any atom is -0.0620 e. The molecule has 2 aromatic rings. The molecule has 0 fully saturated rings. The van der Waals surface area contributed by atoms with Crippen molar-refractivity contribution in [1.82, 2.24) is 0 Å². The summed E-state index contributed by atoms with van der Waals surface area (Å²) in [6.07, 6.45) is 2.34. The van der Waals surface area contributed by atoms with Gasteiger partial charge in [-0.1, -0.05) is 55.5 Å². The number of aryl methyl sites for hydroxylation is 2. The van der Waals surface area contributed by atoms with E-state index in [4.69, 9.17) is 0 Å². The molecule has 0 saturated heterocycles. The van der Waals surface area contributed by atoms with E-state index in [-0.39, 0.29) is 0 Å². The highest BCUT2D eigenvalue weighted by Crippen LogP contribution is 2.18. The monoisotopic (exact) mass is 238 g/mol. The molecule has 0 amide bonds. The van der Waals surface area contributed by atoms with Gasteiger partial charge in [-0.25, -0.2) is 0 Å². The highest BCUT2D eigenvalue weighted by atomic mass is 14.1. The summed E-state index contributed by atoms with van der Waals surface area (Å²) in [5, 5.41) is 0.